The maximum atomic E-state index is 10.9. The van der Waals surface area contributed by atoms with E-state index in [0.29, 0.717) is 11.3 Å². The second-order valence-electron chi connectivity index (χ2n) is 3.36. The molecule has 2 N–H and O–H groups in total. The molecule has 8 heteroatoms. The van der Waals surface area contributed by atoms with Gasteiger partial charge in [0.1, 0.15) is 0 Å². The molecule has 78 valence electrons. The summed E-state index contributed by atoms with van der Waals surface area (Å²) in [6.07, 6.45) is 0. The van der Waals surface area contributed by atoms with Crippen LogP contribution in [0.4, 0.5) is 5.95 Å². The fraction of sp³-hybridized carbons (Fsp3) is 0.667. The Labute approximate surface area is 89.5 Å². The number of hydrogen-bond donors (Lipinski definition) is 1. The summed E-state index contributed by atoms with van der Waals surface area (Å²) in [4.78, 5) is 3.86. The van der Waals surface area contributed by atoms with Crippen LogP contribution in [0, 0.1) is 5.92 Å². The monoisotopic (exact) mass is 280 g/mol. The second kappa shape index (κ2) is 3.20. The molecular weight excluding hydrogens is 272 g/mol. The van der Waals surface area contributed by atoms with Crippen molar-refractivity contribution >= 4 is 31.7 Å². The highest BCUT2D eigenvalue weighted by atomic mass is 79.9. The highest BCUT2D eigenvalue weighted by Crippen LogP contribution is 2.21. The molecule has 0 aromatic carbocycles. The Morgan fingerprint density at radius 2 is 2.21 bits per heavy atom. The zero-order valence-corrected chi connectivity index (χ0v) is 9.62. The molecule has 1 saturated heterocycles. The fourth-order valence-electron chi connectivity index (χ4n) is 1.48. The minimum atomic E-state index is -2.76. The summed E-state index contributed by atoms with van der Waals surface area (Å²) in [6, 6.07) is 0. The van der Waals surface area contributed by atoms with Gasteiger partial charge in [-0.05, 0) is 15.9 Å². The SMILES string of the molecule is Nc1nc(Br)n(CC2CS(=O)(=O)C2)n1. The molecule has 0 spiro atoms. The number of anilines is 1. The Balaban J connectivity index is 2.03. The Morgan fingerprint density at radius 1 is 1.57 bits per heavy atom. The highest BCUT2D eigenvalue weighted by Gasteiger charge is 2.34. The molecule has 0 unspecified atom stereocenters. The fourth-order valence-corrected chi connectivity index (χ4v) is 3.43. The van der Waals surface area contributed by atoms with Crippen molar-refractivity contribution in [1.82, 2.24) is 14.8 Å². The van der Waals surface area contributed by atoms with Gasteiger partial charge in [-0.25, -0.2) is 13.1 Å². The lowest BCUT2D eigenvalue weighted by Gasteiger charge is -2.25. The van der Waals surface area contributed by atoms with Crippen LogP contribution in [-0.2, 0) is 16.4 Å². The van der Waals surface area contributed by atoms with Crippen molar-refractivity contribution in [2.75, 3.05) is 17.2 Å². The molecule has 0 saturated carbocycles. The van der Waals surface area contributed by atoms with E-state index in [0.717, 1.165) is 0 Å². The van der Waals surface area contributed by atoms with Crippen LogP contribution < -0.4 is 5.73 Å². The smallest absolute Gasteiger partial charge is 0.240 e. The highest BCUT2D eigenvalue weighted by molar-refractivity contribution is 9.10. The molecule has 1 aliphatic rings. The Hall–Kier alpha value is -0.630. The minimum Gasteiger partial charge on any atom is -0.366 e. The summed E-state index contributed by atoms with van der Waals surface area (Å²) in [7, 11) is -2.76. The topological polar surface area (TPSA) is 90.9 Å². The number of nitrogen functional groups attached to an aromatic ring is 1. The molecule has 2 heterocycles. The molecule has 1 aromatic heterocycles. The van der Waals surface area contributed by atoms with Crippen LogP contribution in [-0.4, -0.2) is 34.7 Å². The first-order chi connectivity index (χ1) is 6.46. The van der Waals surface area contributed by atoms with Gasteiger partial charge in [0.05, 0.1) is 11.5 Å². The normalized spacial score (nSPS) is 20.6. The van der Waals surface area contributed by atoms with E-state index in [1.807, 2.05) is 0 Å². The summed E-state index contributed by atoms with van der Waals surface area (Å²) >= 11 is 3.19. The van der Waals surface area contributed by atoms with Gasteiger partial charge in [0.25, 0.3) is 0 Å². The third-order valence-electron chi connectivity index (χ3n) is 2.05. The first-order valence-corrected chi connectivity index (χ1v) is 6.64. The molecular formula is C6H9BrN4O2S. The van der Waals surface area contributed by atoms with E-state index in [9.17, 15) is 8.42 Å². The molecule has 1 fully saturated rings. The van der Waals surface area contributed by atoms with Crippen molar-refractivity contribution in [3.63, 3.8) is 0 Å². The molecule has 14 heavy (non-hydrogen) atoms. The lowest BCUT2D eigenvalue weighted by atomic mass is 10.2. The number of nitrogens with two attached hydrogens (primary N) is 1. The lowest BCUT2D eigenvalue weighted by molar-refractivity contribution is 0.438. The van der Waals surface area contributed by atoms with E-state index in [4.69, 9.17) is 5.73 Å². The van der Waals surface area contributed by atoms with Crippen molar-refractivity contribution in [3.8, 4) is 0 Å². The van der Waals surface area contributed by atoms with Gasteiger partial charge in [-0.2, -0.15) is 4.98 Å². The van der Waals surface area contributed by atoms with Crippen LogP contribution in [0.3, 0.4) is 0 Å². The number of nitrogens with zero attached hydrogens (tertiary/aromatic N) is 3. The summed E-state index contributed by atoms with van der Waals surface area (Å²) in [5, 5.41) is 3.92. The van der Waals surface area contributed by atoms with Gasteiger partial charge >= 0.3 is 0 Å². The molecule has 0 aliphatic carbocycles. The summed E-state index contributed by atoms with van der Waals surface area (Å²) < 4.78 is 23.9. The van der Waals surface area contributed by atoms with Gasteiger partial charge in [-0.3, -0.25) is 0 Å². The first-order valence-electron chi connectivity index (χ1n) is 4.02. The third kappa shape index (κ3) is 1.90. The predicted molar refractivity (Wildman–Crippen MR) is 54.3 cm³/mol. The van der Waals surface area contributed by atoms with E-state index >= 15 is 0 Å². The van der Waals surface area contributed by atoms with Crippen molar-refractivity contribution < 1.29 is 8.42 Å². The third-order valence-corrected chi connectivity index (χ3v) is 4.60. The predicted octanol–water partition coefficient (Wildman–Crippen LogP) is -0.333. The summed E-state index contributed by atoms with van der Waals surface area (Å²) in [5.74, 6) is 0.801. The maximum absolute atomic E-state index is 10.9. The Bertz CT molecular complexity index is 442. The van der Waals surface area contributed by atoms with Gasteiger partial charge in [0.2, 0.25) is 5.95 Å². The summed E-state index contributed by atoms with van der Waals surface area (Å²) in [6.45, 7) is 0.546. The molecule has 1 aliphatic heterocycles. The van der Waals surface area contributed by atoms with Gasteiger partial charge in [-0.15, -0.1) is 5.10 Å². The Morgan fingerprint density at radius 3 is 2.64 bits per heavy atom. The van der Waals surface area contributed by atoms with Gasteiger partial charge < -0.3 is 5.73 Å². The number of aromatic nitrogens is 3. The number of rotatable bonds is 2. The zero-order valence-electron chi connectivity index (χ0n) is 7.22. The zero-order chi connectivity index (χ0) is 10.3. The van der Waals surface area contributed by atoms with Crippen LogP contribution in [0.2, 0.25) is 0 Å². The van der Waals surface area contributed by atoms with Crippen molar-refractivity contribution in [1.29, 1.82) is 0 Å². The molecule has 0 amide bonds. The number of sulfone groups is 1. The second-order valence-corrected chi connectivity index (χ2v) is 6.23. The average molecular weight is 281 g/mol. The first kappa shape index (κ1) is 9.91. The van der Waals surface area contributed by atoms with Gasteiger partial charge in [0, 0.05) is 12.5 Å². The van der Waals surface area contributed by atoms with E-state index in [2.05, 4.69) is 26.0 Å². The quantitative estimate of drug-likeness (QED) is 0.801. The van der Waals surface area contributed by atoms with Crippen molar-refractivity contribution in [2.24, 2.45) is 5.92 Å². The number of halogens is 1. The van der Waals surface area contributed by atoms with Crippen molar-refractivity contribution in [3.05, 3.63) is 4.73 Å². The van der Waals surface area contributed by atoms with Crippen LogP contribution in [0.5, 0.6) is 0 Å². The van der Waals surface area contributed by atoms with Gasteiger partial charge in [-0.1, -0.05) is 0 Å². The average Bonchev–Trinajstić information content (AvgIpc) is 2.26. The minimum absolute atomic E-state index is 0.136. The molecule has 0 bridgehead atoms. The molecule has 0 atom stereocenters. The molecule has 0 radical (unpaired) electrons. The van der Waals surface area contributed by atoms with Crippen LogP contribution in [0.25, 0.3) is 0 Å². The largest absolute Gasteiger partial charge is 0.366 e. The Kier molecular flexibility index (Phi) is 2.26. The molecule has 6 nitrogen and oxygen atoms in total. The van der Waals surface area contributed by atoms with Gasteiger partial charge in [0.15, 0.2) is 14.6 Å². The van der Waals surface area contributed by atoms with Crippen molar-refractivity contribution in [2.45, 2.75) is 6.54 Å². The van der Waals surface area contributed by atoms with Crippen LogP contribution in [0.15, 0.2) is 4.73 Å². The van der Waals surface area contributed by atoms with E-state index in [1.165, 1.54) is 0 Å². The summed E-state index contributed by atoms with van der Waals surface area (Å²) in [5.41, 5.74) is 5.38. The molecule has 1 aromatic rings. The van der Waals surface area contributed by atoms with Crippen LogP contribution >= 0.6 is 15.9 Å². The maximum Gasteiger partial charge on any atom is 0.240 e. The van der Waals surface area contributed by atoms with E-state index in [1.54, 1.807) is 4.68 Å². The van der Waals surface area contributed by atoms with E-state index in [-0.39, 0.29) is 23.4 Å². The number of hydrogen-bond acceptors (Lipinski definition) is 5. The lowest BCUT2D eigenvalue weighted by Crippen LogP contribution is -2.39. The van der Waals surface area contributed by atoms with Crippen LogP contribution in [0.1, 0.15) is 0 Å². The van der Waals surface area contributed by atoms with E-state index < -0.39 is 9.84 Å². The standard InChI is InChI=1S/C6H9BrN4O2S/c7-5-9-6(8)10-11(5)1-4-2-14(12,13)3-4/h4H,1-3H2,(H2,8,10). The molecule has 2 rings (SSSR count).